The smallest absolute Gasteiger partial charge is 0.196 e. The molecule has 1 aliphatic rings. The Morgan fingerprint density at radius 3 is 2.73 bits per heavy atom. The van der Waals surface area contributed by atoms with Gasteiger partial charge in [-0.2, -0.15) is 0 Å². The molecule has 1 rings (SSSR count). The molecule has 0 aromatic heterocycles. The molecule has 0 bridgehead atoms. The minimum Gasteiger partial charge on any atom is -0.422 e. The molecule has 1 saturated heterocycles. The van der Waals surface area contributed by atoms with Crippen LogP contribution in [0.5, 0.6) is 0 Å². The highest BCUT2D eigenvalue weighted by Gasteiger charge is 2.47. The van der Waals surface area contributed by atoms with Crippen LogP contribution in [0.2, 0.25) is 0 Å². The summed E-state index contributed by atoms with van der Waals surface area (Å²) in [5.74, 6) is 0. The molecule has 1 heterocycles. The van der Waals surface area contributed by atoms with E-state index < -0.39 is 37.3 Å². The molecule has 0 aliphatic carbocycles. The van der Waals surface area contributed by atoms with E-state index in [-0.39, 0.29) is 0 Å². The van der Waals surface area contributed by atoms with E-state index in [4.69, 9.17) is 15.4 Å². The van der Waals surface area contributed by atoms with Gasteiger partial charge < -0.3 is 30.0 Å². The van der Waals surface area contributed by atoms with Crippen molar-refractivity contribution in [3.05, 3.63) is 10.4 Å². The zero-order valence-corrected chi connectivity index (χ0v) is 7.54. The number of aliphatic hydroxyl groups is 4. The SMILES string of the molecule is [N-]=[N+]=NO[C@@H]1C(O)O[C@H]([C@H](O)CO)[C@@H]1O. The van der Waals surface area contributed by atoms with Crippen molar-refractivity contribution in [2.24, 2.45) is 5.28 Å². The molecule has 0 spiro atoms. The summed E-state index contributed by atoms with van der Waals surface area (Å²) >= 11 is 0. The normalized spacial score (nSPS) is 37.1. The molecule has 5 atom stereocenters. The van der Waals surface area contributed by atoms with Crippen molar-refractivity contribution in [2.45, 2.75) is 30.7 Å². The second-order valence-electron chi connectivity index (χ2n) is 2.97. The zero-order valence-electron chi connectivity index (χ0n) is 7.54. The maximum atomic E-state index is 9.48. The highest BCUT2D eigenvalue weighted by atomic mass is 16.7. The summed E-state index contributed by atoms with van der Waals surface area (Å²) < 4.78 is 4.72. The van der Waals surface area contributed by atoms with E-state index >= 15 is 0 Å². The molecule has 1 unspecified atom stereocenters. The fourth-order valence-corrected chi connectivity index (χ4v) is 1.29. The van der Waals surface area contributed by atoms with Crippen LogP contribution in [0, 0.1) is 0 Å². The van der Waals surface area contributed by atoms with Gasteiger partial charge in [0.15, 0.2) is 12.4 Å². The number of aliphatic hydroxyl groups excluding tert-OH is 4. The first kappa shape index (κ1) is 12.0. The Balaban J connectivity index is 2.64. The van der Waals surface area contributed by atoms with E-state index in [1.54, 1.807) is 0 Å². The number of azide groups is 1. The molecule has 1 aliphatic heterocycles. The lowest BCUT2D eigenvalue weighted by molar-refractivity contribution is -0.159. The second kappa shape index (κ2) is 5.12. The van der Waals surface area contributed by atoms with Crippen molar-refractivity contribution in [2.75, 3.05) is 6.61 Å². The Morgan fingerprint density at radius 1 is 1.53 bits per heavy atom. The van der Waals surface area contributed by atoms with Gasteiger partial charge in [0.1, 0.15) is 23.6 Å². The maximum Gasteiger partial charge on any atom is 0.196 e. The number of ether oxygens (including phenoxy) is 1. The van der Waals surface area contributed by atoms with Crippen molar-refractivity contribution < 1.29 is 30.0 Å². The van der Waals surface area contributed by atoms with Gasteiger partial charge in [0.25, 0.3) is 0 Å². The quantitative estimate of drug-likeness (QED) is 0.187. The van der Waals surface area contributed by atoms with Gasteiger partial charge in [0.05, 0.1) is 6.61 Å². The Hall–Kier alpha value is -1.09. The van der Waals surface area contributed by atoms with Crippen molar-refractivity contribution >= 4 is 0 Å². The first-order valence-corrected chi connectivity index (χ1v) is 4.12. The van der Waals surface area contributed by atoms with E-state index in [2.05, 4.69) is 15.0 Å². The molecule has 0 aromatic carbocycles. The van der Waals surface area contributed by atoms with Crippen LogP contribution in [0.3, 0.4) is 0 Å². The van der Waals surface area contributed by atoms with E-state index in [1.165, 1.54) is 0 Å². The Bertz CT molecular complexity index is 257. The Morgan fingerprint density at radius 2 is 2.20 bits per heavy atom. The summed E-state index contributed by atoms with van der Waals surface area (Å²) in [4.78, 5) is 6.66. The van der Waals surface area contributed by atoms with E-state index in [0.717, 1.165) is 0 Å². The summed E-state index contributed by atoms with van der Waals surface area (Å²) in [7, 11) is 0. The number of hydrogen-bond donors (Lipinski definition) is 4. The summed E-state index contributed by atoms with van der Waals surface area (Å²) in [5.41, 5.74) is 7.96. The van der Waals surface area contributed by atoms with Crippen molar-refractivity contribution in [3.8, 4) is 0 Å². The molecular formula is C6H11N3O6. The molecule has 9 nitrogen and oxygen atoms in total. The van der Waals surface area contributed by atoms with Crippen molar-refractivity contribution in [3.63, 3.8) is 0 Å². The van der Waals surface area contributed by atoms with Gasteiger partial charge in [-0.15, -0.1) is 0 Å². The minimum atomic E-state index is -1.53. The van der Waals surface area contributed by atoms with Crippen LogP contribution in [0.1, 0.15) is 0 Å². The summed E-state index contributed by atoms with van der Waals surface area (Å²) in [6, 6.07) is 0. The zero-order chi connectivity index (χ0) is 11.4. The highest BCUT2D eigenvalue weighted by Crippen LogP contribution is 2.24. The standard InChI is InChI=1S/C6H11N3O6/c7-8-9-15-5-3(12)4(2(11)1-10)14-6(5)13/h2-6,10-13H,1H2/t2-,3+,4-,5+,6?/m1/s1. The Labute approximate surface area is 84.0 Å². The monoisotopic (exact) mass is 221 g/mol. The lowest BCUT2D eigenvalue weighted by atomic mass is 10.1. The third-order valence-electron chi connectivity index (χ3n) is 2.02. The van der Waals surface area contributed by atoms with Gasteiger partial charge in [0, 0.05) is 4.91 Å². The van der Waals surface area contributed by atoms with E-state index in [1.807, 2.05) is 0 Å². The number of hydrogen-bond acceptors (Lipinski definition) is 7. The summed E-state index contributed by atoms with van der Waals surface area (Å²) in [5, 5.41) is 39.2. The summed E-state index contributed by atoms with van der Waals surface area (Å²) in [6.45, 7) is -0.636. The average molecular weight is 221 g/mol. The van der Waals surface area contributed by atoms with Crippen LogP contribution < -0.4 is 0 Å². The number of nitrogens with zero attached hydrogens (tertiary/aromatic N) is 3. The lowest BCUT2D eigenvalue weighted by Gasteiger charge is -2.18. The molecule has 0 amide bonds. The third-order valence-corrected chi connectivity index (χ3v) is 2.02. The highest BCUT2D eigenvalue weighted by molar-refractivity contribution is 4.90. The van der Waals surface area contributed by atoms with Gasteiger partial charge in [-0.05, 0) is 5.53 Å². The van der Waals surface area contributed by atoms with Crippen LogP contribution >= 0.6 is 0 Å². The number of rotatable bonds is 4. The van der Waals surface area contributed by atoms with Crippen LogP contribution in [-0.2, 0) is 9.57 Å². The Kier molecular flexibility index (Phi) is 4.09. The van der Waals surface area contributed by atoms with Crippen LogP contribution in [0.25, 0.3) is 10.4 Å². The van der Waals surface area contributed by atoms with Gasteiger partial charge >= 0.3 is 0 Å². The van der Waals surface area contributed by atoms with E-state index in [0.29, 0.717) is 0 Å². The fourth-order valence-electron chi connectivity index (χ4n) is 1.29. The lowest BCUT2D eigenvalue weighted by Crippen LogP contribution is -2.41. The molecule has 0 aromatic rings. The maximum absolute atomic E-state index is 9.48. The molecule has 1 fully saturated rings. The first-order chi connectivity index (χ1) is 7.11. The molecule has 9 heteroatoms. The van der Waals surface area contributed by atoms with Crippen molar-refractivity contribution in [1.29, 1.82) is 0 Å². The average Bonchev–Trinajstić information content (AvgIpc) is 2.51. The molecule has 15 heavy (non-hydrogen) atoms. The third kappa shape index (κ3) is 2.48. The van der Waals surface area contributed by atoms with Crippen molar-refractivity contribution in [1.82, 2.24) is 0 Å². The predicted octanol–water partition coefficient (Wildman–Crippen LogP) is -1.97. The molecule has 0 saturated carbocycles. The van der Waals surface area contributed by atoms with Gasteiger partial charge in [0.2, 0.25) is 0 Å². The van der Waals surface area contributed by atoms with Gasteiger partial charge in [-0.1, -0.05) is 0 Å². The molecule has 4 N–H and O–H groups in total. The first-order valence-electron chi connectivity index (χ1n) is 4.12. The molecule has 86 valence electrons. The fraction of sp³-hybridized carbons (Fsp3) is 1.00. The van der Waals surface area contributed by atoms with Crippen LogP contribution in [0.15, 0.2) is 5.28 Å². The van der Waals surface area contributed by atoms with Gasteiger partial charge in [-0.25, -0.2) is 0 Å². The topological polar surface area (TPSA) is 148 Å². The largest absolute Gasteiger partial charge is 0.422 e. The second-order valence-corrected chi connectivity index (χ2v) is 2.97. The minimum absolute atomic E-state index is 0.636. The van der Waals surface area contributed by atoms with Crippen LogP contribution in [0.4, 0.5) is 0 Å². The van der Waals surface area contributed by atoms with Crippen LogP contribution in [-0.4, -0.2) is 57.7 Å². The predicted molar refractivity (Wildman–Crippen MR) is 44.0 cm³/mol. The molecule has 0 radical (unpaired) electrons. The van der Waals surface area contributed by atoms with E-state index in [9.17, 15) is 15.3 Å². The van der Waals surface area contributed by atoms with Gasteiger partial charge in [-0.3, -0.25) is 0 Å². The summed E-state index contributed by atoms with van der Waals surface area (Å²) in [6.07, 6.45) is -6.75. The molecular weight excluding hydrogens is 210 g/mol.